The first-order valence-electron chi connectivity index (χ1n) is 5.40. The molecule has 0 aliphatic heterocycles. The first-order chi connectivity index (χ1) is 8.52. The van der Waals surface area contributed by atoms with Crippen molar-refractivity contribution in [3.05, 3.63) is 54.1 Å². The van der Waals surface area contributed by atoms with Crippen LogP contribution in [0.15, 0.2) is 43.0 Å². The molecule has 92 valence electrons. The summed E-state index contributed by atoms with van der Waals surface area (Å²) < 4.78 is 0. The number of carbonyl (C=O) groups is 1. The normalized spacial score (nSPS) is 12.3. The first kappa shape index (κ1) is 12.3. The number of rotatable bonds is 3. The molecule has 2 rings (SSSR count). The molecule has 0 fully saturated rings. The molecule has 0 heterocycles. The van der Waals surface area contributed by atoms with Crippen LogP contribution in [0.4, 0.5) is 0 Å². The lowest BCUT2D eigenvalue weighted by Gasteiger charge is -2.13. The molecule has 0 saturated carbocycles. The van der Waals surface area contributed by atoms with Gasteiger partial charge in [-0.25, -0.2) is 4.79 Å². The predicted molar refractivity (Wildman–Crippen MR) is 70.1 cm³/mol. The number of benzene rings is 2. The summed E-state index contributed by atoms with van der Waals surface area (Å²) in [5, 5.41) is 20.1. The molecule has 4 nitrogen and oxygen atoms in total. The van der Waals surface area contributed by atoms with Crippen molar-refractivity contribution in [2.24, 2.45) is 5.73 Å². The van der Waals surface area contributed by atoms with Crippen molar-refractivity contribution in [3.8, 4) is 0 Å². The van der Waals surface area contributed by atoms with Gasteiger partial charge in [-0.2, -0.15) is 0 Å². The first-order valence-corrected chi connectivity index (χ1v) is 5.40. The molecule has 0 radical (unpaired) electrons. The van der Waals surface area contributed by atoms with Crippen molar-refractivity contribution < 1.29 is 15.0 Å². The lowest BCUT2D eigenvalue weighted by Crippen LogP contribution is -2.21. The summed E-state index contributed by atoms with van der Waals surface area (Å²) in [7, 11) is 0. The highest BCUT2D eigenvalue weighted by molar-refractivity contribution is 6.07. The van der Waals surface area contributed by atoms with E-state index in [1.54, 1.807) is 24.3 Å². The van der Waals surface area contributed by atoms with Crippen LogP contribution in [-0.4, -0.2) is 22.4 Å². The maximum atomic E-state index is 11.4. The quantitative estimate of drug-likeness (QED) is 0.718. The van der Waals surface area contributed by atoms with Crippen molar-refractivity contribution in [1.29, 1.82) is 0 Å². The number of aliphatic hydroxyl groups is 1. The average Bonchev–Trinajstić information content (AvgIpc) is 2.36. The van der Waals surface area contributed by atoms with Gasteiger partial charge in [0.25, 0.3) is 0 Å². The lowest BCUT2D eigenvalue weighted by atomic mass is 9.94. The molecule has 2 aromatic rings. The van der Waals surface area contributed by atoms with Gasteiger partial charge in [-0.3, -0.25) is 0 Å². The number of hydrogen-bond donors (Lipinski definition) is 3. The number of aromatic carboxylic acids is 1. The number of carboxylic acid groups (broad SMARTS) is 1. The van der Waals surface area contributed by atoms with E-state index in [1.807, 2.05) is 12.1 Å². The van der Waals surface area contributed by atoms with Crippen LogP contribution in [0.25, 0.3) is 16.3 Å². The number of hydrogen-bond acceptors (Lipinski definition) is 3. The van der Waals surface area contributed by atoms with Gasteiger partial charge >= 0.3 is 5.97 Å². The van der Waals surface area contributed by atoms with Gasteiger partial charge in [0.1, 0.15) is 6.23 Å². The zero-order valence-corrected chi connectivity index (χ0v) is 9.63. The second-order valence-corrected chi connectivity index (χ2v) is 3.98. The Hall–Kier alpha value is -2.17. The van der Waals surface area contributed by atoms with Gasteiger partial charge in [-0.1, -0.05) is 43.0 Å². The minimum Gasteiger partial charge on any atom is -0.478 e. The SMILES string of the molecule is C=C(c1ccc2ccccc2c1C(=O)O)C(N)O. The van der Waals surface area contributed by atoms with E-state index in [0.717, 1.165) is 5.39 Å². The summed E-state index contributed by atoms with van der Waals surface area (Å²) in [5.41, 5.74) is 6.01. The van der Waals surface area contributed by atoms with E-state index in [0.29, 0.717) is 10.9 Å². The summed E-state index contributed by atoms with van der Waals surface area (Å²) >= 11 is 0. The maximum Gasteiger partial charge on any atom is 0.336 e. The van der Waals surface area contributed by atoms with Crippen LogP contribution in [0, 0.1) is 0 Å². The van der Waals surface area contributed by atoms with Gasteiger partial charge in [0.15, 0.2) is 0 Å². The molecule has 0 spiro atoms. The monoisotopic (exact) mass is 243 g/mol. The summed E-state index contributed by atoms with van der Waals surface area (Å²) in [5.74, 6) is -1.07. The van der Waals surface area contributed by atoms with Crippen LogP contribution in [-0.2, 0) is 0 Å². The van der Waals surface area contributed by atoms with E-state index >= 15 is 0 Å². The van der Waals surface area contributed by atoms with Crippen LogP contribution < -0.4 is 5.73 Å². The van der Waals surface area contributed by atoms with Crippen LogP contribution in [0.1, 0.15) is 15.9 Å². The minimum absolute atomic E-state index is 0.114. The standard InChI is InChI=1S/C14H13NO3/c1-8(13(15)16)10-7-6-9-4-2-3-5-11(9)12(10)14(17)18/h2-7,13,16H,1,15H2,(H,17,18). The van der Waals surface area contributed by atoms with Crippen LogP contribution >= 0.6 is 0 Å². The Morgan fingerprint density at radius 1 is 1.22 bits per heavy atom. The third kappa shape index (κ3) is 1.99. The zero-order chi connectivity index (χ0) is 13.3. The average molecular weight is 243 g/mol. The van der Waals surface area contributed by atoms with Crippen LogP contribution in [0.3, 0.4) is 0 Å². The van der Waals surface area contributed by atoms with E-state index < -0.39 is 12.2 Å². The fourth-order valence-electron chi connectivity index (χ4n) is 1.93. The molecule has 1 atom stereocenters. The highest BCUT2D eigenvalue weighted by Gasteiger charge is 2.18. The fraction of sp³-hybridized carbons (Fsp3) is 0.0714. The highest BCUT2D eigenvalue weighted by Crippen LogP contribution is 2.27. The maximum absolute atomic E-state index is 11.4. The van der Waals surface area contributed by atoms with Crippen LogP contribution in [0.2, 0.25) is 0 Å². The minimum atomic E-state index is -1.27. The van der Waals surface area contributed by atoms with Gasteiger partial charge in [0, 0.05) is 0 Å². The predicted octanol–water partition coefficient (Wildman–Crippen LogP) is 1.83. The third-order valence-corrected chi connectivity index (χ3v) is 2.85. The Morgan fingerprint density at radius 3 is 2.50 bits per heavy atom. The Balaban J connectivity index is 2.79. The van der Waals surface area contributed by atoms with E-state index in [1.165, 1.54) is 0 Å². The van der Waals surface area contributed by atoms with Crippen molar-refractivity contribution in [2.75, 3.05) is 0 Å². The second kappa shape index (κ2) is 4.60. The number of carboxylic acids is 1. The number of fused-ring (bicyclic) bond motifs is 1. The largest absolute Gasteiger partial charge is 0.478 e. The van der Waals surface area contributed by atoms with Crippen molar-refractivity contribution >= 4 is 22.3 Å². The third-order valence-electron chi connectivity index (χ3n) is 2.85. The molecule has 0 aliphatic rings. The molecule has 4 heteroatoms. The topological polar surface area (TPSA) is 83.5 Å². The summed E-state index contributed by atoms with van der Waals surface area (Å²) in [6.45, 7) is 3.64. The molecular weight excluding hydrogens is 230 g/mol. The van der Waals surface area contributed by atoms with Gasteiger partial charge < -0.3 is 15.9 Å². The van der Waals surface area contributed by atoms with Crippen LogP contribution in [0.5, 0.6) is 0 Å². The highest BCUT2D eigenvalue weighted by atomic mass is 16.4. The van der Waals surface area contributed by atoms with E-state index in [-0.39, 0.29) is 11.1 Å². The number of nitrogens with two attached hydrogens (primary N) is 1. The smallest absolute Gasteiger partial charge is 0.336 e. The van der Waals surface area contributed by atoms with E-state index in [2.05, 4.69) is 6.58 Å². The molecular formula is C14H13NO3. The van der Waals surface area contributed by atoms with Gasteiger partial charge in [0.05, 0.1) is 5.56 Å². The Labute approximate surface area is 104 Å². The molecule has 0 amide bonds. The second-order valence-electron chi connectivity index (χ2n) is 3.98. The molecule has 0 aliphatic carbocycles. The molecule has 2 aromatic carbocycles. The van der Waals surface area contributed by atoms with E-state index in [4.69, 9.17) is 5.73 Å². The van der Waals surface area contributed by atoms with Gasteiger partial charge in [-0.05, 0) is 21.9 Å². The molecule has 0 bridgehead atoms. The Morgan fingerprint density at radius 2 is 1.89 bits per heavy atom. The molecule has 0 aromatic heterocycles. The van der Waals surface area contributed by atoms with Gasteiger partial charge in [-0.15, -0.1) is 0 Å². The molecule has 0 saturated heterocycles. The molecule has 4 N–H and O–H groups in total. The summed E-state index contributed by atoms with van der Waals surface area (Å²) in [6, 6.07) is 10.5. The summed E-state index contributed by atoms with van der Waals surface area (Å²) in [6.07, 6.45) is -1.27. The van der Waals surface area contributed by atoms with E-state index in [9.17, 15) is 15.0 Å². The summed E-state index contributed by atoms with van der Waals surface area (Å²) in [4.78, 5) is 11.4. The zero-order valence-electron chi connectivity index (χ0n) is 9.63. The van der Waals surface area contributed by atoms with Crippen molar-refractivity contribution in [2.45, 2.75) is 6.23 Å². The molecule has 1 unspecified atom stereocenters. The van der Waals surface area contributed by atoms with Crippen molar-refractivity contribution in [3.63, 3.8) is 0 Å². The lowest BCUT2D eigenvalue weighted by molar-refractivity contribution is 0.0698. The fourth-order valence-corrected chi connectivity index (χ4v) is 1.93. The Bertz CT molecular complexity index is 632. The number of aliphatic hydroxyl groups excluding tert-OH is 1. The Kier molecular flexibility index (Phi) is 3.14. The van der Waals surface area contributed by atoms with Gasteiger partial charge in [0.2, 0.25) is 0 Å². The molecule has 18 heavy (non-hydrogen) atoms. The van der Waals surface area contributed by atoms with Crippen molar-refractivity contribution in [1.82, 2.24) is 0 Å².